The lowest BCUT2D eigenvalue weighted by Crippen LogP contribution is -2.20. The van der Waals surface area contributed by atoms with E-state index in [0.29, 0.717) is 22.6 Å². The predicted molar refractivity (Wildman–Crippen MR) is 88.4 cm³/mol. The van der Waals surface area contributed by atoms with Crippen LogP contribution in [0, 0.1) is 17.0 Å². The van der Waals surface area contributed by atoms with Gasteiger partial charge in [0.1, 0.15) is 5.75 Å². The third-order valence-electron chi connectivity index (χ3n) is 3.31. The number of aryl methyl sites for hydroxylation is 1. The van der Waals surface area contributed by atoms with Crippen molar-refractivity contribution in [2.45, 2.75) is 13.8 Å². The van der Waals surface area contributed by atoms with E-state index in [2.05, 4.69) is 5.32 Å². The largest absolute Gasteiger partial charge is 0.484 e. The van der Waals surface area contributed by atoms with Gasteiger partial charge in [0, 0.05) is 22.9 Å². The fourth-order valence-electron chi connectivity index (χ4n) is 2.06. The fourth-order valence-corrected chi connectivity index (χ4v) is 2.06. The van der Waals surface area contributed by atoms with E-state index in [1.807, 2.05) is 0 Å². The molecule has 7 nitrogen and oxygen atoms in total. The first-order chi connectivity index (χ1) is 11.4. The van der Waals surface area contributed by atoms with Gasteiger partial charge in [-0.25, -0.2) is 0 Å². The number of carbonyl (C=O) groups excluding carboxylic acids is 2. The minimum Gasteiger partial charge on any atom is -0.484 e. The molecule has 2 aromatic carbocycles. The number of ketones is 1. The normalized spacial score (nSPS) is 10.1. The zero-order chi connectivity index (χ0) is 17.7. The molecule has 0 aromatic heterocycles. The molecule has 0 aliphatic carbocycles. The van der Waals surface area contributed by atoms with Crippen LogP contribution in [0.1, 0.15) is 22.8 Å². The van der Waals surface area contributed by atoms with Crippen molar-refractivity contribution in [3.8, 4) is 5.75 Å². The van der Waals surface area contributed by atoms with Crippen LogP contribution >= 0.6 is 0 Å². The van der Waals surface area contributed by atoms with Crippen molar-refractivity contribution in [3.63, 3.8) is 0 Å². The molecule has 0 heterocycles. The first-order valence-electron chi connectivity index (χ1n) is 7.15. The van der Waals surface area contributed by atoms with E-state index in [1.54, 1.807) is 31.2 Å². The van der Waals surface area contributed by atoms with Crippen molar-refractivity contribution >= 4 is 23.1 Å². The SMILES string of the molecule is CC(=O)c1ccc(NC(=O)COc2ccc([N+](=O)[O-])c(C)c2)cc1. The second-order valence-corrected chi connectivity index (χ2v) is 5.18. The maximum atomic E-state index is 11.9. The number of hydrogen-bond acceptors (Lipinski definition) is 5. The summed E-state index contributed by atoms with van der Waals surface area (Å²) in [7, 11) is 0. The van der Waals surface area contributed by atoms with Gasteiger partial charge in [0.2, 0.25) is 0 Å². The van der Waals surface area contributed by atoms with Crippen LogP contribution < -0.4 is 10.1 Å². The van der Waals surface area contributed by atoms with Crippen LogP contribution in [0.25, 0.3) is 0 Å². The number of rotatable bonds is 6. The first-order valence-corrected chi connectivity index (χ1v) is 7.15. The standard InChI is InChI=1S/C17H16N2O5/c1-11-9-15(7-8-16(11)19(22)23)24-10-17(21)18-14-5-3-13(4-6-14)12(2)20/h3-9H,10H2,1-2H3,(H,18,21). The molecule has 2 rings (SSSR count). The molecular weight excluding hydrogens is 312 g/mol. The Bertz CT molecular complexity index is 784. The van der Waals surface area contributed by atoms with Crippen molar-refractivity contribution in [1.82, 2.24) is 0 Å². The average Bonchev–Trinajstić information content (AvgIpc) is 2.53. The van der Waals surface area contributed by atoms with Crippen LogP contribution in [0.3, 0.4) is 0 Å². The molecule has 0 aliphatic rings. The van der Waals surface area contributed by atoms with Gasteiger partial charge in [-0.3, -0.25) is 19.7 Å². The molecule has 0 aliphatic heterocycles. The Morgan fingerprint density at radius 2 is 1.83 bits per heavy atom. The summed E-state index contributed by atoms with van der Waals surface area (Å²) in [4.78, 5) is 33.3. The smallest absolute Gasteiger partial charge is 0.272 e. The topological polar surface area (TPSA) is 98.5 Å². The maximum Gasteiger partial charge on any atom is 0.272 e. The highest BCUT2D eigenvalue weighted by Gasteiger charge is 2.11. The molecule has 0 saturated carbocycles. The lowest BCUT2D eigenvalue weighted by atomic mass is 10.1. The Morgan fingerprint density at radius 3 is 2.38 bits per heavy atom. The average molecular weight is 328 g/mol. The minimum atomic E-state index is -0.476. The number of nitrogens with one attached hydrogen (secondary N) is 1. The van der Waals surface area contributed by atoms with Gasteiger partial charge in [-0.05, 0) is 50.2 Å². The number of hydrogen-bond donors (Lipinski definition) is 1. The molecule has 0 atom stereocenters. The molecule has 0 spiro atoms. The van der Waals surface area contributed by atoms with Gasteiger partial charge in [0.05, 0.1) is 4.92 Å². The van der Waals surface area contributed by atoms with Gasteiger partial charge in [-0.2, -0.15) is 0 Å². The highest BCUT2D eigenvalue weighted by molar-refractivity contribution is 5.95. The highest BCUT2D eigenvalue weighted by atomic mass is 16.6. The number of nitrogens with zero attached hydrogens (tertiary/aromatic N) is 1. The van der Waals surface area contributed by atoms with Crippen LogP contribution in [0.2, 0.25) is 0 Å². The molecule has 124 valence electrons. The van der Waals surface area contributed by atoms with Crippen LogP contribution in [0.15, 0.2) is 42.5 Å². The van der Waals surface area contributed by atoms with Gasteiger partial charge in [0.25, 0.3) is 11.6 Å². The third kappa shape index (κ3) is 4.39. The maximum absolute atomic E-state index is 11.9. The molecule has 0 saturated heterocycles. The summed E-state index contributed by atoms with van der Waals surface area (Å²) in [5.41, 5.74) is 1.56. The Labute approximate surface area is 138 Å². The predicted octanol–water partition coefficient (Wildman–Crippen LogP) is 3.12. The van der Waals surface area contributed by atoms with Crippen molar-refractivity contribution < 1.29 is 19.2 Å². The van der Waals surface area contributed by atoms with Crippen LogP contribution in [-0.4, -0.2) is 23.2 Å². The van der Waals surface area contributed by atoms with E-state index in [0.717, 1.165) is 0 Å². The van der Waals surface area contributed by atoms with Crippen molar-refractivity contribution in [2.75, 3.05) is 11.9 Å². The molecular formula is C17H16N2O5. The Hall–Kier alpha value is -3.22. The fraction of sp³-hybridized carbons (Fsp3) is 0.176. The monoisotopic (exact) mass is 328 g/mol. The zero-order valence-corrected chi connectivity index (χ0v) is 13.2. The highest BCUT2D eigenvalue weighted by Crippen LogP contribution is 2.23. The quantitative estimate of drug-likeness (QED) is 0.499. The minimum absolute atomic E-state index is 0.00244. The van der Waals surface area contributed by atoms with Crippen molar-refractivity contribution in [3.05, 3.63) is 63.7 Å². The summed E-state index contributed by atoms with van der Waals surface area (Å²) >= 11 is 0. The summed E-state index contributed by atoms with van der Waals surface area (Å²) in [6, 6.07) is 10.8. The molecule has 0 unspecified atom stereocenters. The molecule has 1 N–H and O–H groups in total. The molecule has 24 heavy (non-hydrogen) atoms. The lowest BCUT2D eigenvalue weighted by molar-refractivity contribution is -0.385. The summed E-state index contributed by atoms with van der Waals surface area (Å²) in [6.07, 6.45) is 0. The molecule has 1 amide bonds. The molecule has 0 bridgehead atoms. The second-order valence-electron chi connectivity index (χ2n) is 5.18. The Balaban J connectivity index is 1.92. The molecule has 2 aromatic rings. The number of Topliss-reactive ketones (excluding diaryl/α,β-unsaturated/α-hetero) is 1. The van der Waals surface area contributed by atoms with Gasteiger partial charge < -0.3 is 10.1 Å². The Morgan fingerprint density at radius 1 is 1.17 bits per heavy atom. The first kappa shape index (κ1) is 17.1. The summed E-state index contributed by atoms with van der Waals surface area (Å²) in [6.45, 7) is 2.83. The number of benzene rings is 2. The summed E-state index contributed by atoms with van der Waals surface area (Å²) in [5, 5.41) is 13.4. The van der Waals surface area contributed by atoms with Gasteiger partial charge in [0.15, 0.2) is 12.4 Å². The molecule has 7 heteroatoms. The van der Waals surface area contributed by atoms with E-state index in [1.165, 1.54) is 25.1 Å². The van der Waals surface area contributed by atoms with Crippen LogP contribution in [0.4, 0.5) is 11.4 Å². The van der Waals surface area contributed by atoms with Crippen LogP contribution in [-0.2, 0) is 4.79 Å². The van der Waals surface area contributed by atoms with Gasteiger partial charge in [-0.1, -0.05) is 0 Å². The Kier molecular flexibility index (Phi) is 5.26. The van der Waals surface area contributed by atoms with E-state index >= 15 is 0 Å². The third-order valence-corrected chi connectivity index (χ3v) is 3.31. The van der Waals surface area contributed by atoms with Crippen LogP contribution in [0.5, 0.6) is 5.75 Å². The number of anilines is 1. The van der Waals surface area contributed by atoms with E-state index in [-0.39, 0.29) is 24.0 Å². The summed E-state index contributed by atoms with van der Waals surface area (Å²) in [5.74, 6) is -0.0495. The summed E-state index contributed by atoms with van der Waals surface area (Å²) < 4.78 is 5.33. The van der Waals surface area contributed by atoms with E-state index in [9.17, 15) is 19.7 Å². The molecule has 0 fully saturated rings. The van der Waals surface area contributed by atoms with Gasteiger partial charge in [-0.15, -0.1) is 0 Å². The number of nitro groups is 1. The number of amides is 1. The van der Waals surface area contributed by atoms with Crippen molar-refractivity contribution in [1.29, 1.82) is 0 Å². The van der Waals surface area contributed by atoms with E-state index < -0.39 is 4.92 Å². The zero-order valence-electron chi connectivity index (χ0n) is 13.2. The number of carbonyl (C=O) groups is 2. The number of nitro benzene ring substituents is 1. The van der Waals surface area contributed by atoms with Crippen molar-refractivity contribution in [2.24, 2.45) is 0 Å². The van der Waals surface area contributed by atoms with Gasteiger partial charge >= 0.3 is 0 Å². The lowest BCUT2D eigenvalue weighted by Gasteiger charge is -2.08. The van der Waals surface area contributed by atoms with E-state index in [4.69, 9.17) is 4.74 Å². The molecule has 0 radical (unpaired) electrons. The second kappa shape index (κ2) is 7.36. The number of ether oxygens (including phenoxy) is 1.